The summed E-state index contributed by atoms with van der Waals surface area (Å²) in [5.41, 5.74) is 3.22. The summed E-state index contributed by atoms with van der Waals surface area (Å²) >= 11 is 0. The smallest absolute Gasteiger partial charge is 0.160 e. The normalized spacial score (nSPS) is 20.1. The maximum absolute atomic E-state index is 5.63. The zero-order chi connectivity index (χ0) is 13.0. The molecule has 0 saturated carbocycles. The largest absolute Gasteiger partial charge is 0.376 e. The number of rotatable bonds is 4. The number of aromatic nitrogens is 2. The van der Waals surface area contributed by atoms with Gasteiger partial charge >= 0.3 is 0 Å². The lowest BCUT2D eigenvalue weighted by molar-refractivity contribution is -0.0936. The van der Waals surface area contributed by atoms with E-state index < -0.39 is 0 Å². The third-order valence-corrected chi connectivity index (χ3v) is 3.09. The Morgan fingerprint density at radius 1 is 1.22 bits per heavy atom. The number of hydrogen-bond acceptors (Lipinski definition) is 5. The van der Waals surface area contributed by atoms with Crippen molar-refractivity contribution in [2.75, 3.05) is 26.4 Å². The molecule has 1 aliphatic heterocycles. The fraction of sp³-hybridized carbons (Fsp3) is 0.692. The summed E-state index contributed by atoms with van der Waals surface area (Å²) in [4.78, 5) is 9.11. The van der Waals surface area contributed by atoms with Gasteiger partial charge in [0.05, 0.1) is 19.8 Å². The van der Waals surface area contributed by atoms with Gasteiger partial charge in [0.15, 0.2) is 5.82 Å². The minimum absolute atomic E-state index is 0.121. The molecule has 18 heavy (non-hydrogen) atoms. The average molecular weight is 251 g/mol. The Hall–Kier alpha value is -1.04. The molecule has 1 atom stereocenters. The monoisotopic (exact) mass is 251 g/mol. The Labute approximate surface area is 108 Å². The molecule has 2 rings (SSSR count). The van der Waals surface area contributed by atoms with Crippen molar-refractivity contribution in [3.05, 3.63) is 22.8 Å². The molecule has 0 aromatic carbocycles. The lowest BCUT2D eigenvalue weighted by atomic mass is 10.1. The van der Waals surface area contributed by atoms with Crippen LogP contribution in [-0.2, 0) is 16.0 Å². The van der Waals surface area contributed by atoms with Crippen LogP contribution >= 0.6 is 0 Å². The van der Waals surface area contributed by atoms with E-state index in [-0.39, 0.29) is 6.10 Å². The quantitative estimate of drug-likeness (QED) is 0.874. The zero-order valence-corrected chi connectivity index (χ0v) is 11.3. The molecule has 1 N–H and O–H groups in total. The van der Waals surface area contributed by atoms with Gasteiger partial charge < -0.3 is 14.8 Å². The topological polar surface area (TPSA) is 56.3 Å². The second-order valence-electron chi connectivity index (χ2n) is 4.45. The van der Waals surface area contributed by atoms with Crippen molar-refractivity contribution >= 4 is 0 Å². The Morgan fingerprint density at radius 3 is 2.50 bits per heavy atom. The predicted molar refractivity (Wildman–Crippen MR) is 68.4 cm³/mol. The highest BCUT2D eigenvalue weighted by Crippen LogP contribution is 2.20. The van der Waals surface area contributed by atoms with E-state index in [0.29, 0.717) is 19.8 Å². The van der Waals surface area contributed by atoms with E-state index in [1.807, 2.05) is 13.8 Å². The minimum atomic E-state index is -0.121. The Kier molecular flexibility index (Phi) is 4.63. The Bertz CT molecular complexity index is 380. The average Bonchev–Trinajstić information content (AvgIpc) is 2.39. The maximum atomic E-state index is 5.63. The number of nitrogens with one attached hydrogen (secondary N) is 1. The molecular formula is C13H21N3O2. The molecule has 1 aliphatic rings. The molecule has 0 bridgehead atoms. The van der Waals surface area contributed by atoms with E-state index in [0.717, 1.165) is 30.3 Å². The van der Waals surface area contributed by atoms with E-state index in [9.17, 15) is 0 Å². The highest BCUT2D eigenvalue weighted by Gasteiger charge is 2.21. The Morgan fingerprint density at radius 2 is 1.94 bits per heavy atom. The first-order valence-electron chi connectivity index (χ1n) is 6.46. The van der Waals surface area contributed by atoms with E-state index >= 15 is 0 Å². The van der Waals surface area contributed by atoms with Crippen LogP contribution in [-0.4, -0.2) is 36.3 Å². The molecule has 1 unspecified atom stereocenters. The van der Waals surface area contributed by atoms with Gasteiger partial charge in [-0.1, -0.05) is 6.92 Å². The van der Waals surface area contributed by atoms with Gasteiger partial charge in [-0.3, -0.25) is 0 Å². The van der Waals surface area contributed by atoms with Crippen LogP contribution in [0, 0.1) is 13.8 Å². The van der Waals surface area contributed by atoms with E-state index in [4.69, 9.17) is 9.47 Å². The summed E-state index contributed by atoms with van der Waals surface area (Å²) in [5, 5.41) is 3.31. The highest BCUT2D eigenvalue weighted by molar-refractivity contribution is 5.24. The first-order valence-corrected chi connectivity index (χ1v) is 6.46. The lowest BCUT2D eigenvalue weighted by Crippen LogP contribution is -2.25. The molecule has 1 fully saturated rings. The van der Waals surface area contributed by atoms with Gasteiger partial charge in [0, 0.05) is 23.5 Å². The zero-order valence-electron chi connectivity index (χ0n) is 11.3. The van der Waals surface area contributed by atoms with Gasteiger partial charge in [0.2, 0.25) is 0 Å². The van der Waals surface area contributed by atoms with Crippen molar-refractivity contribution in [1.29, 1.82) is 0 Å². The number of aryl methyl sites for hydroxylation is 2. The highest BCUT2D eigenvalue weighted by atomic mass is 16.6. The molecule has 1 saturated heterocycles. The molecule has 5 heteroatoms. The van der Waals surface area contributed by atoms with E-state index in [2.05, 4.69) is 22.2 Å². The summed E-state index contributed by atoms with van der Waals surface area (Å²) in [6.07, 6.45) is -0.121. The fourth-order valence-corrected chi connectivity index (χ4v) is 2.05. The van der Waals surface area contributed by atoms with Crippen LogP contribution in [0.5, 0.6) is 0 Å². The molecule has 1 aromatic rings. The van der Waals surface area contributed by atoms with Gasteiger partial charge in [-0.15, -0.1) is 0 Å². The second kappa shape index (κ2) is 6.22. The van der Waals surface area contributed by atoms with Crippen LogP contribution in [0.4, 0.5) is 0 Å². The third-order valence-electron chi connectivity index (χ3n) is 3.09. The standard InChI is InChI=1S/C13H21N3O2/c1-4-14-7-11-9(2)15-13(16-10(11)3)12-8-17-5-6-18-12/h12,14H,4-8H2,1-3H3. The number of nitrogens with zero attached hydrogens (tertiary/aromatic N) is 2. The van der Waals surface area contributed by atoms with Gasteiger partial charge in [0.1, 0.15) is 6.10 Å². The molecule has 0 aliphatic carbocycles. The second-order valence-corrected chi connectivity index (χ2v) is 4.45. The van der Waals surface area contributed by atoms with Crippen molar-refractivity contribution in [3.8, 4) is 0 Å². The molecular weight excluding hydrogens is 230 g/mol. The molecule has 0 amide bonds. The number of ether oxygens (including phenoxy) is 2. The molecule has 2 heterocycles. The van der Waals surface area contributed by atoms with Crippen LogP contribution in [0.2, 0.25) is 0 Å². The summed E-state index contributed by atoms with van der Waals surface area (Å²) < 4.78 is 11.0. The lowest BCUT2D eigenvalue weighted by Gasteiger charge is -2.23. The van der Waals surface area contributed by atoms with E-state index in [1.165, 1.54) is 5.56 Å². The van der Waals surface area contributed by atoms with Gasteiger partial charge in [0.25, 0.3) is 0 Å². The minimum Gasteiger partial charge on any atom is -0.376 e. The molecule has 100 valence electrons. The van der Waals surface area contributed by atoms with Crippen LogP contribution in [0.3, 0.4) is 0 Å². The van der Waals surface area contributed by atoms with Crippen LogP contribution < -0.4 is 5.32 Å². The predicted octanol–water partition coefficient (Wildman–Crippen LogP) is 1.29. The Balaban J connectivity index is 2.18. The van der Waals surface area contributed by atoms with Crippen molar-refractivity contribution in [1.82, 2.24) is 15.3 Å². The molecule has 1 aromatic heterocycles. The number of hydrogen-bond donors (Lipinski definition) is 1. The maximum Gasteiger partial charge on any atom is 0.160 e. The third kappa shape index (κ3) is 3.04. The molecule has 5 nitrogen and oxygen atoms in total. The van der Waals surface area contributed by atoms with Gasteiger partial charge in [-0.25, -0.2) is 9.97 Å². The first kappa shape index (κ1) is 13.4. The van der Waals surface area contributed by atoms with Crippen molar-refractivity contribution in [2.45, 2.75) is 33.4 Å². The van der Waals surface area contributed by atoms with Crippen molar-refractivity contribution < 1.29 is 9.47 Å². The summed E-state index contributed by atoms with van der Waals surface area (Å²) in [6, 6.07) is 0. The SMILES string of the molecule is CCNCc1c(C)nc(C2COCCO2)nc1C. The molecule has 0 radical (unpaired) electrons. The first-order chi connectivity index (χ1) is 8.72. The van der Waals surface area contributed by atoms with E-state index in [1.54, 1.807) is 0 Å². The summed E-state index contributed by atoms with van der Waals surface area (Å²) in [6.45, 7) is 9.72. The molecule has 0 spiro atoms. The van der Waals surface area contributed by atoms with Gasteiger partial charge in [-0.2, -0.15) is 0 Å². The van der Waals surface area contributed by atoms with Crippen LogP contribution in [0.25, 0.3) is 0 Å². The summed E-state index contributed by atoms with van der Waals surface area (Å²) in [7, 11) is 0. The summed E-state index contributed by atoms with van der Waals surface area (Å²) in [5.74, 6) is 0.741. The van der Waals surface area contributed by atoms with Crippen LogP contribution in [0.15, 0.2) is 0 Å². The fourth-order valence-electron chi connectivity index (χ4n) is 2.05. The van der Waals surface area contributed by atoms with Gasteiger partial charge in [-0.05, 0) is 20.4 Å². The van der Waals surface area contributed by atoms with Crippen molar-refractivity contribution in [2.24, 2.45) is 0 Å². The van der Waals surface area contributed by atoms with Crippen LogP contribution in [0.1, 0.15) is 35.8 Å². The van der Waals surface area contributed by atoms with Crippen molar-refractivity contribution in [3.63, 3.8) is 0 Å².